The van der Waals surface area contributed by atoms with E-state index in [0.717, 1.165) is 0 Å². The van der Waals surface area contributed by atoms with E-state index in [1.807, 2.05) is 13.8 Å². The molecule has 1 aromatic heterocycles. The van der Waals surface area contributed by atoms with Crippen molar-refractivity contribution in [3.05, 3.63) is 58.9 Å². The number of carbonyl (C=O) groups is 2. The second-order valence-corrected chi connectivity index (χ2v) is 5.97. The Labute approximate surface area is 140 Å². The topological polar surface area (TPSA) is 71.1 Å². The third-order valence-corrected chi connectivity index (χ3v) is 3.25. The van der Waals surface area contributed by atoms with E-state index >= 15 is 0 Å². The number of anilines is 1. The molecule has 2 amide bonds. The lowest BCUT2D eigenvalue weighted by Gasteiger charge is -2.09. The highest BCUT2D eigenvalue weighted by Crippen LogP contribution is 2.16. The average Bonchev–Trinajstić information content (AvgIpc) is 2.52. The first-order chi connectivity index (χ1) is 11.0. The van der Waals surface area contributed by atoms with Crippen molar-refractivity contribution in [1.29, 1.82) is 0 Å². The van der Waals surface area contributed by atoms with Crippen LogP contribution in [0.2, 0.25) is 5.02 Å². The van der Waals surface area contributed by atoms with Crippen LogP contribution < -0.4 is 10.6 Å². The molecule has 2 N–H and O–H groups in total. The standard InChI is InChI=1S/C17H18ClN3O2/c1-11(2)8-20-16(22)12-6-13(10-19-9-12)17(23)21-15-5-3-4-14(18)7-15/h3-7,9-11H,8H2,1-2H3,(H,20,22)(H,21,23). The quantitative estimate of drug-likeness (QED) is 0.882. The lowest BCUT2D eigenvalue weighted by molar-refractivity contribution is 0.0948. The van der Waals surface area contributed by atoms with Crippen LogP contribution in [0.1, 0.15) is 34.6 Å². The molecule has 5 nitrogen and oxygen atoms in total. The molecule has 0 aliphatic heterocycles. The number of nitrogens with one attached hydrogen (secondary N) is 2. The fourth-order valence-electron chi connectivity index (χ4n) is 1.86. The van der Waals surface area contributed by atoms with Gasteiger partial charge in [-0.05, 0) is 30.2 Å². The molecule has 2 rings (SSSR count). The summed E-state index contributed by atoms with van der Waals surface area (Å²) in [6.45, 7) is 4.58. The SMILES string of the molecule is CC(C)CNC(=O)c1cncc(C(=O)Nc2cccc(Cl)c2)c1. The molecule has 0 saturated heterocycles. The maximum absolute atomic E-state index is 12.2. The van der Waals surface area contributed by atoms with Gasteiger partial charge in [-0.15, -0.1) is 0 Å². The minimum Gasteiger partial charge on any atom is -0.352 e. The van der Waals surface area contributed by atoms with Gasteiger partial charge >= 0.3 is 0 Å². The zero-order valence-corrected chi connectivity index (χ0v) is 13.7. The molecule has 120 valence electrons. The number of nitrogens with zero attached hydrogens (tertiary/aromatic N) is 1. The second kappa shape index (κ2) is 7.74. The summed E-state index contributed by atoms with van der Waals surface area (Å²) in [5, 5.41) is 6.04. The number of carbonyl (C=O) groups excluding carboxylic acids is 2. The van der Waals surface area contributed by atoms with E-state index in [9.17, 15) is 9.59 Å². The highest BCUT2D eigenvalue weighted by atomic mass is 35.5. The van der Waals surface area contributed by atoms with Gasteiger partial charge in [0.1, 0.15) is 0 Å². The molecular weight excluding hydrogens is 314 g/mol. The first kappa shape index (κ1) is 17.0. The van der Waals surface area contributed by atoms with E-state index in [-0.39, 0.29) is 11.8 Å². The predicted molar refractivity (Wildman–Crippen MR) is 90.8 cm³/mol. The molecule has 2 aromatic rings. The van der Waals surface area contributed by atoms with Crippen LogP contribution in [0.3, 0.4) is 0 Å². The van der Waals surface area contributed by atoms with Crippen LogP contribution in [0.25, 0.3) is 0 Å². The molecule has 0 bridgehead atoms. The monoisotopic (exact) mass is 331 g/mol. The minimum atomic E-state index is -0.349. The van der Waals surface area contributed by atoms with Gasteiger partial charge < -0.3 is 10.6 Å². The predicted octanol–water partition coefficient (Wildman–Crippen LogP) is 3.37. The van der Waals surface area contributed by atoms with E-state index in [4.69, 9.17) is 11.6 Å². The molecule has 1 aromatic carbocycles. The number of rotatable bonds is 5. The molecule has 0 atom stereocenters. The summed E-state index contributed by atoms with van der Waals surface area (Å²) in [5.41, 5.74) is 1.24. The van der Waals surface area contributed by atoms with Crippen LogP contribution in [0.4, 0.5) is 5.69 Å². The summed E-state index contributed by atoms with van der Waals surface area (Å²) < 4.78 is 0. The molecule has 0 saturated carbocycles. The van der Waals surface area contributed by atoms with Crippen molar-refractivity contribution in [2.45, 2.75) is 13.8 Å². The molecule has 0 unspecified atom stereocenters. The van der Waals surface area contributed by atoms with Crippen molar-refractivity contribution in [3.8, 4) is 0 Å². The number of aromatic nitrogens is 1. The first-order valence-electron chi connectivity index (χ1n) is 7.26. The van der Waals surface area contributed by atoms with Gasteiger partial charge in [0.2, 0.25) is 0 Å². The van der Waals surface area contributed by atoms with Crippen LogP contribution in [0, 0.1) is 5.92 Å². The van der Waals surface area contributed by atoms with E-state index in [1.54, 1.807) is 24.3 Å². The summed E-state index contributed by atoms with van der Waals surface area (Å²) in [4.78, 5) is 28.2. The van der Waals surface area contributed by atoms with E-state index in [2.05, 4.69) is 15.6 Å². The van der Waals surface area contributed by atoms with E-state index in [0.29, 0.717) is 34.3 Å². The number of halogens is 1. The Morgan fingerprint density at radius 3 is 2.48 bits per heavy atom. The Bertz CT molecular complexity index is 716. The maximum Gasteiger partial charge on any atom is 0.257 e. The van der Waals surface area contributed by atoms with Crippen LogP contribution in [0.5, 0.6) is 0 Å². The molecule has 1 heterocycles. The fraction of sp³-hybridized carbons (Fsp3) is 0.235. The molecule has 0 spiro atoms. The first-order valence-corrected chi connectivity index (χ1v) is 7.63. The fourth-order valence-corrected chi connectivity index (χ4v) is 2.05. The van der Waals surface area contributed by atoms with Crippen molar-refractivity contribution < 1.29 is 9.59 Å². The Kier molecular flexibility index (Phi) is 5.71. The van der Waals surface area contributed by atoms with Gasteiger partial charge in [0.05, 0.1) is 11.1 Å². The van der Waals surface area contributed by atoms with Gasteiger partial charge in [0.25, 0.3) is 11.8 Å². The Morgan fingerprint density at radius 1 is 1.13 bits per heavy atom. The smallest absolute Gasteiger partial charge is 0.257 e. The molecule has 6 heteroatoms. The average molecular weight is 332 g/mol. The zero-order chi connectivity index (χ0) is 16.8. The summed E-state index contributed by atoms with van der Waals surface area (Å²) in [6, 6.07) is 8.36. The van der Waals surface area contributed by atoms with Crippen LogP contribution in [-0.4, -0.2) is 23.3 Å². The molecule has 0 fully saturated rings. The Hall–Kier alpha value is -2.40. The summed E-state index contributed by atoms with van der Waals surface area (Å²) in [5.74, 6) is -0.247. The number of pyridine rings is 1. The highest BCUT2D eigenvalue weighted by molar-refractivity contribution is 6.31. The van der Waals surface area contributed by atoms with Crippen LogP contribution in [0.15, 0.2) is 42.7 Å². The molecule has 0 radical (unpaired) electrons. The maximum atomic E-state index is 12.2. The third-order valence-electron chi connectivity index (χ3n) is 3.02. The Balaban J connectivity index is 2.09. The van der Waals surface area contributed by atoms with Gasteiger partial charge in [-0.3, -0.25) is 14.6 Å². The third kappa shape index (κ3) is 5.07. The van der Waals surface area contributed by atoms with Crippen molar-refractivity contribution >= 4 is 29.1 Å². The molecule has 23 heavy (non-hydrogen) atoms. The van der Waals surface area contributed by atoms with Crippen LogP contribution in [-0.2, 0) is 0 Å². The molecule has 0 aliphatic rings. The van der Waals surface area contributed by atoms with E-state index in [1.165, 1.54) is 18.5 Å². The Morgan fingerprint density at radius 2 is 1.83 bits per heavy atom. The van der Waals surface area contributed by atoms with Gasteiger partial charge in [-0.1, -0.05) is 31.5 Å². The van der Waals surface area contributed by atoms with E-state index < -0.39 is 0 Å². The molecular formula is C17H18ClN3O2. The van der Waals surface area contributed by atoms with Crippen molar-refractivity contribution in [1.82, 2.24) is 10.3 Å². The number of benzene rings is 1. The number of hydrogen-bond acceptors (Lipinski definition) is 3. The zero-order valence-electron chi connectivity index (χ0n) is 13.0. The number of hydrogen-bond donors (Lipinski definition) is 2. The molecule has 0 aliphatic carbocycles. The largest absolute Gasteiger partial charge is 0.352 e. The normalized spacial score (nSPS) is 10.4. The van der Waals surface area contributed by atoms with Gasteiger partial charge in [0.15, 0.2) is 0 Å². The summed E-state index contributed by atoms with van der Waals surface area (Å²) in [6.07, 6.45) is 2.85. The lowest BCUT2D eigenvalue weighted by Crippen LogP contribution is -2.27. The second-order valence-electron chi connectivity index (χ2n) is 5.53. The van der Waals surface area contributed by atoms with Gasteiger partial charge in [0, 0.05) is 29.6 Å². The number of amides is 2. The highest BCUT2D eigenvalue weighted by Gasteiger charge is 2.12. The van der Waals surface area contributed by atoms with Gasteiger partial charge in [-0.2, -0.15) is 0 Å². The van der Waals surface area contributed by atoms with Crippen molar-refractivity contribution in [2.24, 2.45) is 5.92 Å². The van der Waals surface area contributed by atoms with Gasteiger partial charge in [-0.25, -0.2) is 0 Å². The minimum absolute atomic E-state index is 0.247. The lowest BCUT2D eigenvalue weighted by atomic mass is 10.1. The summed E-state index contributed by atoms with van der Waals surface area (Å²) >= 11 is 5.88. The summed E-state index contributed by atoms with van der Waals surface area (Å²) in [7, 11) is 0. The van der Waals surface area contributed by atoms with Crippen molar-refractivity contribution in [3.63, 3.8) is 0 Å². The van der Waals surface area contributed by atoms with Crippen molar-refractivity contribution in [2.75, 3.05) is 11.9 Å². The van der Waals surface area contributed by atoms with Crippen LogP contribution >= 0.6 is 11.6 Å².